The monoisotopic (exact) mass is 401 g/mol. The lowest BCUT2D eigenvalue weighted by Crippen LogP contribution is -2.43. The van der Waals surface area contributed by atoms with Crippen molar-refractivity contribution in [1.82, 2.24) is 5.32 Å². The van der Waals surface area contributed by atoms with E-state index in [1.165, 1.54) is 7.11 Å². The zero-order valence-electron chi connectivity index (χ0n) is 19.1. The summed E-state index contributed by atoms with van der Waals surface area (Å²) in [6, 6.07) is 0. The van der Waals surface area contributed by atoms with E-state index >= 15 is 0 Å². The van der Waals surface area contributed by atoms with Crippen molar-refractivity contribution in [3.63, 3.8) is 0 Å². The van der Waals surface area contributed by atoms with Gasteiger partial charge in [0.1, 0.15) is 11.2 Å². The fraction of sp³-hybridized carbons (Fsp3) is 0.857. The first-order valence-electron chi connectivity index (χ1n) is 9.81. The van der Waals surface area contributed by atoms with Crippen LogP contribution in [0.1, 0.15) is 81.1 Å². The molecule has 7 heteroatoms. The first kappa shape index (κ1) is 26.4. The summed E-state index contributed by atoms with van der Waals surface area (Å²) in [5.74, 6) is -1.67. The lowest BCUT2D eigenvalue weighted by molar-refractivity contribution is -0.160. The van der Waals surface area contributed by atoms with Crippen LogP contribution in [0.5, 0.6) is 0 Å². The van der Waals surface area contributed by atoms with Crippen molar-refractivity contribution < 1.29 is 28.6 Å². The van der Waals surface area contributed by atoms with E-state index < -0.39 is 29.1 Å². The topological polar surface area (TPSA) is 90.9 Å². The second-order valence-corrected chi connectivity index (χ2v) is 9.73. The minimum Gasteiger partial charge on any atom is -0.469 e. The molecule has 0 rings (SSSR count). The summed E-state index contributed by atoms with van der Waals surface area (Å²) >= 11 is 0. The SMILES string of the molecule is COC(=O)C(CCCC(C)(C)NCC(=O)OC(C)(C)C)CC(=O)OC(C)(C)C. The Bertz CT molecular complexity index is 528. The van der Waals surface area contributed by atoms with Crippen LogP contribution < -0.4 is 5.32 Å². The smallest absolute Gasteiger partial charge is 0.320 e. The molecule has 0 aliphatic rings. The summed E-state index contributed by atoms with van der Waals surface area (Å²) in [6.45, 7) is 14.9. The Morgan fingerprint density at radius 1 is 0.857 bits per heavy atom. The summed E-state index contributed by atoms with van der Waals surface area (Å²) in [5.41, 5.74) is -1.42. The van der Waals surface area contributed by atoms with Crippen molar-refractivity contribution in [2.45, 2.75) is 97.8 Å². The molecule has 0 aliphatic heterocycles. The Morgan fingerprint density at radius 2 is 1.36 bits per heavy atom. The number of carbonyl (C=O) groups is 3. The van der Waals surface area contributed by atoms with Gasteiger partial charge < -0.3 is 19.5 Å². The minimum atomic E-state index is -0.592. The number of carbonyl (C=O) groups excluding carboxylic acids is 3. The minimum absolute atomic E-state index is 0.00426. The van der Waals surface area contributed by atoms with Crippen molar-refractivity contribution in [2.24, 2.45) is 5.92 Å². The van der Waals surface area contributed by atoms with Gasteiger partial charge in [0.15, 0.2) is 0 Å². The molecule has 0 fully saturated rings. The fourth-order valence-corrected chi connectivity index (χ4v) is 2.62. The molecule has 28 heavy (non-hydrogen) atoms. The molecule has 0 aromatic rings. The number of esters is 3. The highest BCUT2D eigenvalue weighted by Gasteiger charge is 2.27. The molecule has 0 saturated carbocycles. The maximum atomic E-state index is 12.0. The van der Waals surface area contributed by atoms with Gasteiger partial charge >= 0.3 is 17.9 Å². The van der Waals surface area contributed by atoms with E-state index in [9.17, 15) is 14.4 Å². The van der Waals surface area contributed by atoms with Gasteiger partial charge in [-0.05, 0) is 68.2 Å². The van der Waals surface area contributed by atoms with Gasteiger partial charge in [-0.25, -0.2) is 0 Å². The second kappa shape index (κ2) is 10.8. The molecular weight excluding hydrogens is 362 g/mol. The Balaban J connectivity index is 4.55. The maximum Gasteiger partial charge on any atom is 0.320 e. The van der Waals surface area contributed by atoms with Crippen LogP contribution in [0, 0.1) is 5.92 Å². The molecule has 1 unspecified atom stereocenters. The van der Waals surface area contributed by atoms with Crippen molar-refractivity contribution in [3.8, 4) is 0 Å². The highest BCUT2D eigenvalue weighted by atomic mass is 16.6. The van der Waals surface area contributed by atoms with Gasteiger partial charge in [-0.15, -0.1) is 0 Å². The third-order valence-electron chi connectivity index (χ3n) is 3.85. The molecule has 0 aliphatic carbocycles. The lowest BCUT2D eigenvalue weighted by atomic mass is 9.92. The molecule has 0 spiro atoms. The van der Waals surface area contributed by atoms with Crippen LogP contribution in [-0.2, 0) is 28.6 Å². The van der Waals surface area contributed by atoms with E-state index in [1.54, 1.807) is 20.8 Å². The molecule has 0 aromatic carbocycles. The summed E-state index contributed by atoms with van der Waals surface area (Å²) in [4.78, 5) is 35.9. The Hall–Kier alpha value is -1.63. The van der Waals surface area contributed by atoms with E-state index in [1.807, 2.05) is 34.6 Å². The summed E-state index contributed by atoms with van der Waals surface area (Å²) in [6.07, 6.45) is 1.91. The maximum absolute atomic E-state index is 12.0. The van der Waals surface area contributed by atoms with Crippen molar-refractivity contribution >= 4 is 17.9 Å². The van der Waals surface area contributed by atoms with Gasteiger partial charge in [0.25, 0.3) is 0 Å². The van der Waals surface area contributed by atoms with Gasteiger partial charge in [0, 0.05) is 5.54 Å². The predicted octanol–water partition coefficient (Wildman–Crippen LogP) is 3.39. The van der Waals surface area contributed by atoms with E-state index in [0.717, 1.165) is 6.42 Å². The van der Waals surface area contributed by atoms with Crippen molar-refractivity contribution in [1.29, 1.82) is 0 Å². The molecule has 0 aromatic heterocycles. The van der Waals surface area contributed by atoms with Gasteiger partial charge in [-0.3, -0.25) is 14.4 Å². The molecular formula is C21H39NO6. The molecule has 0 heterocycles. The van der Waals surface area contributed by atoms with Gasteiger partial charge in [0.2, 0.25) is 0 Å². The van der Waals surface area contributed by atoms with Crippen molar-refractivity contribution in [2.75, 3.05) is 13.7 Å². The van der Waals surface area contributed by atoms with Crippen LogP contribution in [0.2, 0.25) is 0 Å². The zero-order valence-corrected chi connectivity index (χ0v) is 19.1. The van der Waals surface area contributed by atoms with Gasteiger partial charge in [0.05, 0.1) is 26.0 Å². The summed E-state index contributed by atoms with van der Waals surface area (Å²) in [5, 5.41) is 3.19. The van der Waals surface area contributed by atoms with Gasteiger partial charge in [-0.1, -0.05) is 6.42 Å². The Labute approximate surface area is 169 Å². The van der Waals surface area contributed by atoms with Crippen LogP contribution in [0.15, 0.2) is 0 Å². The predicted molar refractivity (Wildman–Crippen MR) is 108 cm³/mol. The van der Waals surface area contributed by atoms with E-state index in [4.69, 9.17) is 14.2 Å². The summed E-state index contributed by atoms with van der Waals surface area (Å²) < 4.78 is 15.4. The standard InChI is InChI=1S/C21H39NO6/c1-19(2,3)27-16(23)13-15(18(25)26-9)11-10-12-21(7,8)22-14-17(24)28-20(4,5)6/h15,22H,10-14H2,1-9H3. The first-order valence-corrected chi connectivity index (χ1v) is 9.81. The van der Waals surface area contributed by atoms with E-state index in [2.05, 4.69) is 5.32 Å². The van der Waals surface area contributed by atoms with Gasteiger partial charge in [-0.2, -0.15) is 0 Å². The van der Waals surface area contributed by atoms with E-state index in [0.29, 0.717) is 12.8 Å². The number of hydrogen-bond donors (Lipinski definition) is 1. The number of nitrogens with one attached hydrogen (secondary N) is 1. The van der Waals surface area contributed by atoms with Crippen LogP contribution in [0.25, 0.3) is 0 Å². The molecule has 0 radical (unpaired) electrons. The number of ether oxygens (including phenoxy) is 3. The highest BCUT2D eigenvalue weighted by Crippen LogP contribution is 2.21. The average Bonchev–Trinajstić information content (AvgIpc) is 2.47. The molecule has 0 bridgehead atoms. The molecule has 7 nitrogen and oxygen atoms in total. The molecule has 1 N–H and O–H groups in total. The summed E-state index contributed by atoms with van der Waals surface area (Å²) in [7, 11) is 1.32. The third-order valence-corrected chi connectivity index (χ3v) is 3.85. The van der Waals surface area contributed by atoms with E-state index in [-0.39, 0.29) is 24.5 Å². The molecule has 1 atom stereocenters. The quantitative estimate of drug-likeness (QED) is 0.443. The second-order valence-electron chi connectivity index (χ2n) is 9.73. The van der Waals surface area contributed by atoms with Crippen molar-refractivity contribution in [3.05, 3.63) is 0 Å². The fourth-order valence-electron chi connectivity index (χ4n) is 2.62. The van der Waals surface area contributed by atoms with Crippen LogP contribution in [-0.4, -0.2) is 48.3 Å². The molecule has 164 valence electrons. The molecule has 0 amide bonds. The van der Waals surface area contributed by atoms with Crippen LogP contribution >= 0.6 is 0 Å². The normalized spacial score (nSPS) is 13.6. The van der Waals surface area contributed by atoms with Crippen LogP contribution in [0.4, 0.5) is 0 Å². The highest BCUT2D eigenvalue weighted by molar-refractivity contribution is 5.80. The number of hydrogen-bond acceptors (Lipinski definition) is 7. The zero-order chi connectivity index (χ0) is 22.2. The largest absolute Gasteiger partial charge is 0.469 e. The number of rotatable bonds is 10. The Morgan fingerprint density at radius 3 is 1.82 bits per heavy atom. The third kappa shape index (κ3) is 13.5. The number of methoxy groups -OCH3 is 1. The molecule has 0 saturated heterocycles. The lowest BCUT2D eigenvalue weighted by Gasteiger charge is -2.28. The average molecular weight is 402 g/mol. The first-order chi connectivity index (χ1) is 12.5. The Kier molecular flexibility index (Phi) is 10.2. The van der Waals surface area contributed by atoms with Crippen LogP contribution in [0.3, 0.4) is 0 Å².